The molecule has 154 valence electrons. The fourth-order valence-electron chi connectivity index (χ4n) is 3.72. The highest BCUT2D eigenvalue weighted by atomic mass is 32.2. The molecule has 1 N–H and O–H groups in total. The van der Waals surface area contributed by atoms with Gasteiger partial charge in [0.15, 0.2) is 4.75 Å². The van der Waals surface area contributed by atoms with E-state index >= 15 is 0 Å². The SMILES string of the molecule is O=C(Nc1ccc(OC(F)(F)F)cc1)[C@]12C[C@@H]1CN(Cc1ccccc1)S2(=O)=O. The maximum absolute atomic E-state index is 13.0. The molecule has 1 aliphatic heterocycles. The number of benzene rings is 2. The number of anilines is 1. The van der Waals surface area contributed by atoms with Gasteiger partial charge in [0, 0.05) is 24.7 Å². The second-order valence-electron chi connectivity index (χ2n) is 7.10. The topological polar surface area (TPSA) is 75.7 Å². The van der Waals surface area contributed by atoms with Crippen molar-refractivity contribution in [3.05, 3.63) is 60.2 Å². The van der Waals surface area contributed by atoms with E-state index in [-0.39, 0.29) is 31.1 Å². The molecule has 29 heavy (non-hydrogen) atoms. The summed E-state index contributed by atoms with van der Waals surface area (Å²) in [5, 5.41) is 2.51. The summed E-state index contributed by atoms with van der Waals surface area (Å²) in [5.41, 5.74) is 1.02. The van der Waals surface area contributed by atoms with E-state index in [2.05, 4.69) is 10.1 Å². The Kier molecular flexibility index (Phi) is 4.58. The maximum Gasteiger partial charge on any atom is 0.573 e. The Morgan fingerprint density at radius 2 is 1.79 bits per heavy atom. The minimum atomic E-state index is -4.81. The van der Waals surface area contributed by atoms with Gasteiger partial charge in [-0.1, -0.05) is 30.3 Å². The number of ether oxygens (including phenoxy) is 1. The van der Waals surface area contributed by atoms with Crippen molar-refractivity contribution in [3.63, 3.8) is 0 Å². The summed E-state index contributed by atoms with van der Waals surface area (Å²) in [6.07, 6.45) is -4.58. The van der Waals surface area contributed by atoms with Crippen molar-refractivity contribution in [2.45, 2.75) is 24.1 Å². The molecule has 2 fully saturated rings. The number of nitrogens with zero attached hydrogens (tertiary/aromatic N) is 1. The van der Waals surface area contributed by atoms with Crippen molar-refractivity contribution >= 4 is 21.6 Å². The number of rotatable bonds is 5. The molecule has 0 aromatic heterocycles. The zero-order chi connectivity index (χ0) is 20.9. The number of hydrogen-bond acceptors (Lipinski definition) is 4. The molecule has 1 saturated heterocycles. The van der Waals surface area contributed by atoms with E-state index < -0.39 is 32.8 Å². The van der Waals surface area contributed by atoms with Gasteiger partial charge in [0.1, 0.15) is 5.75 Å². The van der Waals surface area contributed by atoms with Crippen LogP contribution in [0, 0.1) is 5.92 Å². The molecule has 1 heterocycles. The number of nitrogens with one attached hydrogen (secondary N) is 1. The van der Waals surface area contributed by atoms with E-state index in [1.807, 2.05) is 30.3 Å². The van der Waals surface area contributed by atoms with Crippen LogP contribution in [0.25, 0.3) is 0 Å². The van der Waals surface area contributed by atoms with Gasteiger partial charge in [0.25, 0.3) is 0 Å². The molecule has 1 aliphatic carbocycles. The van der Waals surface area contributed by atoms with Crippen molar-refractivity contribution < 1.29 is 31.1 Å². The standard InChI is InChI=1S/C19H17F3N2O4S/c20-19(21,22)28-16-8-6-15(7-9-16)23-17(25)18-10-14(18)12-24(29(18,26)27)11-13-4-2-1-3-5-13/h1-9,14H,10-12H2,(H,23,25)/t14-,18+/m1/s1. The molecule has 10 heteroatoms. The minimum absolute atomic E-state index is 0.193. The number of amides is 1. The Morgan fingerprint density at radius 3 is 2.41 bits per heavy atom. The average molecular weight is 426 g/mol. The predicted molar refractivity (Wildman–Crippen MR) is 98.4 cm³/mol. The molecule has 6 nitrogen and oxygen atoms in total. The molecule has 0 spiro atoms. The third-order valence-corrected chi connectivity index (χ3v) is 7.77. The molecular formula is C19H17F3N2O4S. The molecular weight excluding hydrogens is 409 g/mol. The molecule has 2 aliphatic rings. The van der Waals surface area contributed by atoms with Gasteiger partial charge in [-0.05, 0) is 36.2 Å². The van der Waals surface area contributed by atoms with Gasteiger partial charge in [0.2, 0.25) is 15.9 Å². The first-order valence-electron chi connectivity index (χ1n) is 8.83. The van der Waals surface area contributed by atoms with Crippen LogP contribution in [0.5, 0.6) is 5.75 Å². The van der Waals surface area contributed by atoms with Crippen LogP contribution in [-0.2, 0) is 21.4 Å². The zero-order valence-electron chi connectivity index (χ0n) is 15.0. The maximum atomic E-state index is 13.0. The number of halogens is 3. The van der Waals surface area contributed by atoms with Gasteiger partial charge in [-0.15, -0.1) is 13.2 Å². The van der Waals surface area contributed by atoms with Crippen molar-refractivity contribution in [1.82, 2.24) is 4.31 Å². The number of fused-ring (bicyclic) bond motifs is 1. The van der Waals surface area contributed by atoms with Crippen molar-refractivity contribution in [2.75, 3.05) is 11.9 Å². The van der Waals surface area contributed by atoms with Gasteiger partial charge < -0.3 is 10.1 Å². The molecule has 2 atom stereocenters. The molecule has 1 saturated carbocycles. The normalized spacial score (nSPS) is 25.3. The zero-order valence-corrected chi connectivity index (χ0v) is 15.8. The summed E-state index contributed by atoms with van der Waals surface area (Å²) >= 11 is 0. The summed E-state index contributed by atoms with van der Waals surface area (Å²) in [5.74, 6) is -1.40. The van der Waals surface area contributed by atoms with E-state index in [0.29, 0.717) is 0 Å². The van der Waals surface area contributed by atoms with Crippen LogP contribution in [0.3, 0.4) is 0 Å². The summed E-state index contributed by atoms with van der Waals surface area (Å²) < 4.78 is 66.3. The number of carbonyl (C=O) groups excluding carboxylic acids is 1. The lowest BCUT2D eigenvalue weighted by atomic mass is 10.2. The quantitative estimate of drug-likeness (QED) is 0.797. The van der Waals surface area contributed by atoms with Gasteiger partial charge in [-0.25, -0.2) is 8.42 Å². The van der Waals surface area contributed by atoms with Crippen LogP contribution in [0.4, 0.5) is 18.9 Å². The number of carbonyl (C=O) groups is 1. The smallest absolute Gasteiger partial charge is 0.406 e. The highest BCUT2D eigenvalue weighted by molar-refractivity contribution is 7.92. The second kappa shape index (κ2) is 6.74. The predicted octanol–water partition coefficient (Wildman–Crippen LogP) is 3.13. The van der Waals surface area contributed by atoms with Crippen LogP contribution in [-0.4, -0.2) is 36.3 Å². The Balaban J connectivity index is 1.47. The lowest BCUT2D eigenvalue weighted by Crippen LogP contribution is -2.41. The summed E-state index contributed by atoms with van der Waals surface area (Å²) in [6.45, 7) is 0.460. The largest absolute Gasteiger partial charge is 0.573 e. The van der Waals surface area contributed by atoms with Gasteiger partial charge in [-0.2, -0.15) is 4.31 Å². The molecule has 0 bridgehead atoms. The summed E-state index contributed by atoms with van der Waals surface area (Å²) in [6, 6.07) is 13.7. The van der Waals surface area contributed by atoms with Crippen LogP contribution >= 0.6 is 0 Å². The number of alkyl halides is 3. The van der Waals surface area contributed by atoms with Crippen molar-refractivity contribution in [3.8, 4) is 5.75 Å². The first-order valence-corrected chi connectivity index (χ1v) is 10.3. The fraction of sp³-hybridized carbons (Fsp3) is 0.316. The van der Waals surface area contributed by atoms with Gasteiger partial charge in [-0.3, -0.25) is 4.79 Å². The van der Waals surface area contributed by atoms with Crippen LogP contribution < -0.4 is 10.1 Å². The number of hydrogen-bond donors (Lipinski definition) is 1. The Morgan fingerprint density at radius 1 is 1.14 bits per heavy atom. The Labute approximate surface area is 165 Å². The molecule has 1 amide bonds. The van der Waals surface area contributed by atoms with E-state index in [4.69, 9.17) is 0 Å². The molecule has 2 aromatic carbocycles. The monoisotopic (exact) mass is 426 g/mol. The fourth-order valence-corrected chi connectivity index (χ4v) is 6.07. The molecule has 0 radical (unpaired) electrons. The minimum Gasteiger partial charge on any atom is -0.406 e. The first-order chi connectivity index (χ1) is 13.6. The van der Waals surface area contributed by atoms with Crippen LogP contribution in [0.1, 0.15) is 12.0 Å². The second-order valence-corrected chi connectivity index (χ2v) is 9.30. The van der Waals surface area contributed by atoms with Crippen molar-refractivity contribution in [1.29, 1.82) is 0 Å². The van der Waals surface area contributed by atoms with E-state index in [1.54, 1.807) is 0 Å². The van der Waals surface area contributed by atoms with E-state index in [9.17, 15) is 26.4 Å². The lowest BCUT2D eigenvalue weighted by molar-refractivity contribution is -0.274. The lowest BCUT2D eigenvalue weighted by Gasteiger charge is -2.21. The highest BCUT2D eigenvalue weighted by Crippen LogP contribution is 2.58. The van der Waals surface area contributed by atoms with Gasteiger partial charge in [0.05, 0.1) is 0 Å². The Hall–Kier alpha value is -2.59. The van der Waals surface area contributed by atoms with Gasteiger partial charge >= 0.3 is 6.36 Å². The third-order valence-electron chi connectivity index (χ3n) is 5.21. The Bertz CT molecular complexity index is 1030. The third kappa shape index (κ3) is 3.58. The van der Waals surface area contributed by atoms with E-state index in [1.165, 1.54) is 16.4 Å². The molecule has 2 aromatic rings. The molecule has 0 unspecified atom stereocenters. The summed E-state index contributed by atoms with van der Waals surface area (Å²) in [4.78, 5) is 12.8. The number of sulfonamides is 1. The van der Waals surface area contributed by atoms with Crippen LogP contribution in [0.15, 0.2) is 54.6 Å². The molecule has 4 rings (SSSR count). The van der Waals surface area contributed by atoms with Crippen LogP contribution in [0.2, 0.25) is 0 Å². The highest BCUT2D eigenvalue weighted by Gasteiger charge is 2.75. The first kappa shape index (κ1) is 19.7. The van der Waals surface area contributed by atoms with Crippen molar-refractivity contribution in [2.24, 2.45) is 5.92 Å². The van der Waals surface area contributed by atoms with E-state index in [0.717, 1.165) is 17.7 Å². The summed E-state index contributed by atoms with van der Waals surface area (Å²) in [7, 11) is -3.86. The average Bonchev–Trinajstić information content (AvgIpc) is 3.34.